The molecule has 0 unspecified atom stereocenters. The maximum atomic E-state index is 13.7. The summed E-state index contributed by atoms with van der Waals surface area (Å²) in [6.45, 7) is 5.76. The summed E-state index contributed by atoms with van der Waals surface area (Å²) in [6, 6.07) is 7.31. The maximum absolute atomic E-state index is 13.7. The van der Waals surface area contributed by atoms with Gasteiger partial charge in [-0.15, -0.1) is 0 Å². The van der Waals surface area contributed by atoms with Gasteiger partial charge >= 0.3 is 6.18 Å². The van der Waals surface area contributed by atoms with Gasteiger partial charge in [-0.05, 0) is 33.3 Å². The van der Waals surface area contributed by atoms with E-state index in [1.165, 1.54) is 31.2 Å². The SMILES string of the molecule is Cc1noc(C)c1[C@H](C)C(=O)N[C@](C)(c1ccccc1)C(F)(F)F. The van der Waals surface area contributed by atoms with E-state index in [1.807, 2.05) is 0 Å². The third kappa shape index (κ3) is 3.16. The molecule has 1 heterocycles. The standard InChI is InChI=1S/C17H19F3N2O2/c1-10(14-11(2)22-24-12(14)3)15(23)21-16(4,17(18,19)20)13-8-6-5-7-9-13/h5-10H,1-4H3,(H,21,23)/t10-,16+/m0/s1. The molecule has 4 nitrogen and oxygen atoms in total. The normalized spacial score (nSPS) is 15.6. The highest BCUT2D eigenvalue weighted by atomic mass is 19.4. The highest BCUT2D eigenvalue weighted by Gasteiger charge is 2.53. The number of alkyl halides is 3. The highest BCUT2D eigenvalue weighted by molar-refractivity contribution is 5.84. The Morgan fingerprint density at radius 3 is 2.25 bits per heavy atom. The zero-order chi connectivity index (χ0) is 18.1. The van der Waals surface area contributed by atoms with E-state index in [0.29, 0.717) is 17.0 Å². The maximum Gasteiger partial charge on any atom is 0.415 e. The zero-order valence-electron chi connectivity index (χ0n) is 13.9. The van der Waals surface area contributed by atoms with Crippen molar-refractivity contribution >= 4 is 5.91 Å². The Morgan fingerprint density at radius 2 is 1.79 bits per heavy atom. The minimum Gasteiger partial charge on any atom is -0.361 e. The lowest BCUT2D eigenvalue weighted by Gasteiger charge is -2.34. The summed E-state index contributed by atoms with van der Waals surface area (Å²) in [5.41, 5.74) is -1.52. The molecule has 7 heteroatoms. The molecule has 1 amide bonds. The summed E-state index contributed by atoms with van der Waals surface area (Å²) in [5, 5.41) is 5.90. The molecular formula is C17H19F3N2O2. The Balaban J connectivity index is 2.36. The largest absolute Gasteiger partial charge is 0.415 e. The van der Waals surface area contributed by atoms with E-state index in [1.54, 1.807) is 19.9 Å². The molecule has 0 fully saturated rings. The number of benzene rings is 1. The van der Waals surface area contributed by atoms with E-state index in [-0.39, 0.29) is 5.56 Å². The number of aryl methyl sites for hydroxylation is 2. The van der Waals surface area contributed by atoms with Gasteiger partial charge in [0.05, 0.1) is 11.6 Å². The molecule has 0 aliphatic heterocycles. The Hall–Kier alpha value is -2.31. The van der Waals surface area contributed by atoms with Gasteiger partial charge in [0.2, 0.25) is 5.91 Å². The third-order valence-corrected chi connectivity index (χ3v) is 4.21. The van der Waals surface area contributed by atoms with Gasteiger partial charge < -0.3 is 9.84 Å². The predicted octanol–water partition coefficient (Wildman–Crippen LogP) is 3.99. The molecule has 0 radical (unpaired) electrons. The highest BCUT2D eigenvalue weighted by Crippen LogP contribution is 2.39. The van der Waals surface area contributed by atoms with Crippen LogP contribution in [0.15, 0.2) is 34.9 Å². The smallest absolute Gasteiger partial charge is 0.361 e. The summed E-state index contributed by atoms with van der Waals surface area (Å²) < 4.78 is 46.0. The van der Waals surface area contributed by atoms with Crippen molar-refractivity contribution in [1.82, 2.24) is 10.5 Å². The van der Waals surface area contributed by atoms with Crippen LogP contribution < -0.4 is 5.32 Å². The molecule has 0 saturated heterocycles. The van der Waals surface area contributed by atoms with Crippen molar-refractivity contribution in [2.24, 2.45) is 0 Å². The van der Waals surface area contributed by atoms with E-state index in [0.717, 1.165) is 6.92 Å². The van der Waals surface area contributed by atoms with Gasteiger partial charge in [0.15, 0.2) is 5.54 Å². The van der Waals surface area contributed by atoms with Crippen LogP contribution in [0.4, 0.5) is 13.2 Å². The molecule has 24 heavy (non-hydrogen) atoms. The molecule has 2 rings (SSSR count). The second kappa shape index (κ2) is 6.30. The molecule has 130 valence electrons. The fraction of sp³-hybridized carbons (Fsp3) is 0.412. The van der Waals surface area contributed by atoms with Gasteiger partial charge in [0.1, 0.15) is 5.76 Å². The van der Waals surface area contributed by atoms with Crippen molar-refractivity contribution in [3.8, 4) is 0 Å². The number of carbonyl (C=O) groups is 1. The molecule has 0 aliphatic rings. The number of nitrogens with one attached hydrogen (secondary N) is 1. The Bertz CT molecular complexity index is 706. The predicted molar refractivity (Wildman–Crippen MR) is 82.4 cm³/mol. The topological polar surface area (TPSA) is 55.1 Å². The van der Waals surface area contributed by atoms with E-state index in [9.17, 15) is 18.0 Å². The van der Waals surface area contributed by atoms with Crippen LogP contribution in [-0.4, -0.2) is 17.2 Å². The number of amides is 1. The van der Waals surface area contributed by atoms with E-state index >= 15 is 0 Å². The van der Waals surface area contributed by atoms with Gasteiger partial charge in [0.25, 0.3) is 0 Å². The summed E-state index contributed by atoms with van der Waals surface area (Å²) in [6.07, 6.45) is -4.65. The van der Waals surface area contributed by atoms with E-state index in [2.05, 4.69) is 10.5 Å². The molecule has 0 aliphatic carbocycles. The van der Waals surface area contributed by atoms with Crippen molar-refractivity contribution in [2.45, 2.75) is 45.3 Å². The van der Waals surface area contributed by atoms with Crippen molar-refractivity contribution in [1.29, 1.82) is 0 Å². The molecule has 0 spiro atoms. The molecule has 0 bridgehead atoms. The molecule has 2 aromatic rings. The zero-order valence-corrected chi connectivity index (χ0v) is 13.9. The number of hydrogen-bond donors (Lipinski definition) is 1. The second-order valence-electron chi connectivity index (χ2n) is 5.94. The van der Waals surface area contributed by atoms with Crippen LogP contribution in [0.3, 0.4) is 0 Å². The van der Waals surface area contributed by atoms with Gasteiger partial charge in [-0.25, -0.2) is 0 Å². The monoisotopic (exact) mass is 340 g/mol. The van der Waals surface area contributed by atoms with Crippen molar-refractivity contribution in [2.75, 3.05) is 0 Å². The van der Waals surface area contributed by atoms with Gasteiger partial charge in [-0.2, -0.15) is 13.2 Å². The van der Waals surface area contributed by atoms with E-state index in [4.69, 9.17) is 4.52 Å². The van der Waals surface area contributed by atoms with Crippen molar-refractivity contribution in [3.05, 3.63) is 52.9 Å². The van der Waals surface area contributed by atoms with Crippen LogP contribution in [-0.2, 0) is 10.3 Å². The van der Waals surface area contributed by atoms with Gasteiger partial charge in [0, 0.05) is 5.56 Å². The Morgan fingerprint density at radius 1 is 1.21 bits per heavy atom. The molecule has 0 saturated carbocycles. The number of rotatable bonds is 4. The van der Waals surface area contributed by atoms with Crippen LogP contribution in [0.1, 0.15) is 42.3 Å². The number of aromatic nitrogens is 1. The van der Waals surface area contributed by atoms with Crippen molar-refractivity contribution < 1.29 is 22.5 Å². The lowest BCUT2D eigenvalue weighted by atomic mass is 9.89. The molecule has 1 aromatic carbocycles. The van der Waals surface area contributed by atoms with Crippen LogP contribution in [0.5, 0.6) is 0 Å². The third-order valence-electron chi connectivity index (χ3n) is 4.21. The van der Waals surface area contributed by atoms with Crippen LogP contribution in [0.25, 0.3) is 0 Å². The summed E-state index contributed by atoms with van der Waals surface area (Å²) in [5.74, 6) is -1.14. The number of halogens is 3. The number of carbonyl (C=O) groups excluding carboxylic acids is 1. The first-order chi connectivity index (χ1) is 11.1. The minimum atomic E-state index is -4.65. The Kier molecular flexibility index (Phi) is 4.73. The minimum absolute atomic E-state index is 0.0307. The average molecular weight is 340 g/mol. The number of hydrogen-bond acceptors (Lipinski definition) is 3. The first-order valence-corrected chi connectivity index (χ1v) is 7.45. The van der Waals surface area contributed by atoms with Crippen LogP contribution >= 0.6 is 0 Å². The van der Waals surface area contributed by atoms with Crippen molar-refractivity contribution in [3.63, 3.8) is 0 Å². The summed E-state index contributed by atoms with van der Waals surface area (Å²) in [7, 11) is 0. The molecule has 1 N–H and O–H groups in total. The lowest BCUT2D eigenvalue weighted by molar-refractivity contribution is -0.197. The second-order valence-corrected chi connectivity index (χ2v) is 5.94. The van der Waals surface area contributed by atoms with Crippen LogP contribution in [0.2, 0.25) is 0 Å². The average Bonchev–Trinajstić information content (AvgIpc) is 2.85. The Labute approximate surface area is 138 Å². The number of nitrogens with zero attached hydrogens (tertiary/aromatic N) is 1. The first kappa shape index (κ1) is 18.0. The van der Waals surface area contributed by atoms with Crippen LogP contribution in [0, 0.1) is 13.8 Å². The quantitative estimate of drug-likeness (QED) is 0.916. The fourth-order valence-corrected chi connectivity index (χ4v) is 2.67. The molecular weight excluding hydrogens is 321 g/mol. The van der Waals surface area contributed by atoms with Gasteiger partial charge in [-0.3, -0.25) is 4.79 Å². The van der Waals surface area contributed by atoms with Gasteiger partial charge in [-0.1, -0.05) is 35.5 Å². The lowest BCUT2D eigenvalue weighted by Crippen LogP contribution is -2.54. The molecule has 2 atom stereocenters. The molecule has 1 aromatic heterocycles. The van der Waals surface area contributed by atoms with E-state index < -0.39 is 23.5 Å². The fourth-order valence-electron chi connectivity index (χ4n) is 2.67. The summed E-state index contributed by atoms with van der Waals surface area (Å²) >= 11 is 0. The first-order valence-electron chi connectivity index (χ1n) is 7.45. The summed E-state index contributed by atoms with van der Waals surface area (Å²) in [4.78, 5) is 12.5.